The van der Waals surface area contributed by atoms with Crippen LogP contribution in [0.1, 0.15) is 156 Å². The monoisotopic (exact) mass is 1260 g/mol. The summed E-state index contributed by atoms with van der Waals surface area (Å²) >= 11 is 0. The predicted molar refractivity (Wildman–Crippen MR) is 336 cm³/mol. The van der Waals surface area contributed by atoms with Gasteiger partial charge in [-0.05, 0) is 123 Å². The molecule has 26 heteroatoms. The molecule has 26 nitrogen and oxygen atoms in total. The number of ether oxygens (including phenoxy) is 1. The number of amides is 10. The van der Waals surface area contributed by atoms with Gasteiger partial charge in [0.15, 0.2) is 6.04 Å². The van der Waals surface area contributed by atoms with E-state index in [9.17, 15) is 53.4 Å². The summed E-state index contributed by atoms with van der Waals surface area (Å²) in [5.41, 5.74) is 0. The Morgan fingerprint density at radius 2 is 1.35 bits per heavy atom. The zero-order chi connectivity index (χ0) is 68.4. The van der Waals surface area contributed by atoms with Crippen molar-refractivity contribution in [2.24, 2.45) is 29.6 Å². The molecule has 10 amide bonds. The Hall–Kier alpha value is -6.25. The van der Waals surface area contributed by atoms with Crippen molar-refractivity contribution >= 4 is 65.0 Å². The second-order valence-electron chi connectivity index (χ2n) is 25.9. The lowest BCUT2D eigenvalue weighted by atomic mass is 9.90. The van der Waals surface area contributed by atoms with E-state index < -0.39 is 162 Å². The summed E-state index contributed by atoms with van der Waals surface area (Å²) in [6.45, 7) is 27.5. The molecule has 0 saturated carbocycles. The van der Waals surface area contributed by atoms with Gasteiger partial charge in [0, 0.05) is 54.5 Å². The van der Waals surface area contributed by atoms with Crippen molar-refractivity contribution in [1.29, 1.82) is 0 Å². The molecule has 2 aliphatic heterocycles. The van der Waals surface area contributed by atoms with Gasteiger partial charge in [0.05, 0.1) is 12.1 Å². The highest BCUT2D eigenvalue weighted by molar-refractivity contribution is 5.99. The standard InChI is InChI=1S/C63H111N11O15/c1-23-25-28-38(11)52-51(55(78)66-44(24-2)63(86)87)74(89-52)62(85)49(37(9)10)71(21)60(83)47-33-39(12)73(42(15)58(81)69(19)46(32-35(5)6)59(82)70(47)20)57(80)41(14)65-53(76)45(31-34(3)4)68(18)61(84)48(36(7)8)67-54(77)50(43(16)88-30-27-26-29-75)72(22)56(79)40(13)64-17/h23,25,34-52,64,75H,24,26-33H2,1-22H3,(H,65,76)(H,66,78)(H,67,77)(H,86,87)/b25-23+/t38-,39?,40-,41+,42-,43+,44+,45+,46+,47+,48+,49+,50+,51+,52-/m1/s1. The van der Waals surface area contributed by atoms with Crippen LogP contribution in [0.4, 0.5) is 0 Å². The third kappa shape index (κ3) is 20.4. The number of aliphatic carboxylic acids is 1. The Balaban J connectivity index is 2.70. The zero-order valence-corrected chi connectivity index (χ0v) is 57.3. The van der Waals surface area contributed by atoms with E-state index >= 15 is 9.59 Å². The van der Waals surface area contributed by atoms with Crippen LogP contribution in [0, 0.1) is 29.6 Å². The van der Waals surface area contributed by atoms with Gasteiger partial charge in [0.25, 0.3) is 5.91 Å². The van der Waals surface area contributed by atoms with Crippen LogP contribution in [-0.4, -0.2) is 250 Å². The number of rotatable bonds is 32. The molecule has 2 fully saturated rings. The van der Waals surface area contributed by atoms with Crippen LogP contribution in [0.25, 0.3) is 0 Å². The lowest BCUT2D eigenvalue weighted by molar-refractivity contribution is -0.321. The summed E-state index contributed by atoms with van der Waals surface area (Å²) in [4.78, 5) is 172. The number of carbonyl (C=O) groups is 11. The van der Waals surface area contributed by atoms with Crippen molar-refractivity contribution in [2.45, 2.75) is 240 Å². The van der Waals surface area contributed by atoms with Crippen molar-refractivity contribution in [1.82, 2.24) is 55.7 Å². The molecule has 2 heterocycles. The van der Waals surface area contributed by atoms with Gasteiger partial charge in [-0.25, -0.2) is 9.86 Å². The van der Waals surface area contributed by atoms with Gasteiger partial charge in [0.2, 0.25) is 53.2 Å². The summed E-state index contributed by atoms with van der Waals surface area (Å²) in [7, 11) is 8.78. The smallest absolute Gasteiger partial charge is 0.326 e. The van der Waals surface area contributed by atoms with Crippen molar-refractivity contribution in [3.63, 3.8) is 0 Å². The van der Waals surface area contributed by atoms with Gasteiger partial charge >= 0.3 is 5.97 Å². The van der Waals surface area contributed by atoms with Gasteiger partial charge in [-0.3, -0.25) is 52.8 Å². The van der Waals surface area contributed by atoms with Gasteiger partial charge in [-0.1, -0.05) is 81.4 Å². The molecule has 508 valence electrons. The van der Waals surface area contributed by atoms with Gasteiger partial charge in [-0.15, -0.1) is 0 Å². The number of nitrogens with zero attached hydrogens (tertiary/aromatic N) is 7. The quantitative estimate of drug-likeness (QED) is 0.0416. The second-order valence-corrected chi connectivity index (χ2v) is 25.9. The normalized spacial score (nSPS) is 22.4. The molecule has 0 radical (unpaired) electrons. The molecule has 2 saturated heterocycles. The molecule has 0 spiro atoms. The SMILES string of the molecule is C/C=C/C[C@@H](C)[C@H]1ON(C(=O)[C@H](C(C)C)N(C)C(=O)[C@@H]2CC(C)N(C(=O)[C@H](C)NC(=O)[C@H](CC(C)C)N(C)C(=O)[C@@H](NC(=O)[C@H]([C@H](C)OCCCCO)N(C)C(=O)[C@@H](C)NC)C(C)C)[C@H](C)C(=O)N(C)[C@@H](CC(C)C)C(=O)N2C)[C@@H]1C(=O)N[C@@H](CC)C(=O)O. The van der Waals surface area contributed by atoms with E-state index in [1.807, 2.05) is 53.7 Å². The first-order valence-corrected chi connectivity index (χ1v) is 31.7. The molecular formula is C63H111N11O15. The van der Waals surface area contributed by atoms with E-state index in [0.717, 1.165) is 5.06 Å². The number of hydroxylamine groups is 2. The number of hydrogen-bond donors (Lipinski definition) is 6. The number of aliphatic hydroxyl groups is 1. The van der Waals surface area contributed by atoms with Crippen LogP contribution >= 0.6 is 0 Å². The van der Waals surface area contributed by atoms with Crippen molar-refractivity contribution < 1.29 is 72.5 Å². The van der Waals surface area contributed by atoms with Crippen LogP contribution in [0.5, 0.6) is 0 Å². The number of aliphatic hydroxyl groups excluding tert-OH is 1. The fourth-order valence-corrected chi connectivity index (χ4v) is 11.6. The van der Waals surface area contributed by atoms with Crippen molar-refractivity contribution in [2.75, 3.05) is 55.5 Å². The number of carboxylic acid groups (broad SMARTS) is 1. The molecule has 2 rings (SSSR count). The second kappa shape index (κ2) is 36.0. The average Bonchev–Trinajstić information content (AvgIpc) is 0.787. The Morgan fingerprint density at radius 3 is 1.85 bits per heavy atom. The molecule has 0 aromatic heterocycles. The molecule has 0 aromatic carbocycles. The number of carboxylic acids is 1. The fraction of sp³-hybridized carbons (Fsp3) is 0.794. The van der Waals surface area contributed by atoms with Crippen LogP contribution in [-0.2, 0) is 62.3 Å². The lowest BCUT2D eigenvalue weighted by Crippen LogP contribution is -2.71. The molecule has 0 aliphatic carbocycles. The molecule has 2 aliphatic rings. The van der Waals surface area contributed by atoms with E-state index in [4.69, 9.17) is 9.57 Å². The number of allylic oxidation sites excluding steroid dienone is 2. The fourth-order valence-electron chi connectivity index (χ4n) is 11.6. The van der Waals surface area contributed by atoms with Crippen LogP contribution < -0.4 is 21.3 Å². The number of hydrogen-bond acceptors (Lipinski definition) is 15. The third-order valence-corrected chi connectivity index (χ3v) is 17.2. The first-order valence-electron chi connectivity index (χ1n) is 31.7. The summed E-state index contributed by atoms with van der Waals surface area (Å²) < 4.78 is 5.99. The van der Waals surface area contributed by atoms with E-state index in [-0.39, 0.29) is 56.7 Å². The molecule has 1 unspecified atom stereocenters. The topological polar surface area (TPSA) is 317 Å². The third-order valence-electron chi connectivity index (χ3n) is 17.2. The molecule has 0 bridgehead atoms. The van der Waals surface area contributed by atoms with E-state index in [2.05, 4.69) is 21.3 Å². The number of nitrogens with one attached hydrogen (secondary N) is 4. The molecule has 15 atom stereocenters. The van der Waals surface area contributed by atoms with Gasteiger partial charge in [0.1, 0.15) is 60.5 Å². The number of carbonyl (C=O) groups excluding carboxylic acids is 10. The molecule has 0 aromatic rings. The summed E-state index contributed by atoms with van der Waals surface area (Å²) in [6.07, 6.45) is 3.54. The summed E-state index contributed by atoms with van der Waals surface area (Å²) in [5, 5.41) is 31.1. The van der Waals surface area contributed by atoms with Gasteiger partial charge < -0.3 is 65.6 Å². The maximum Gasteiger partial charge on any atom is 0.326 e. The molecular weight excluding hydrogens is 1150 g/mol. The minimum atomic E-state index is -1.38. The Morgan fingerprint density at radius 1 is 0.742 bits per heavy atom. The maximum absolute atomic E-state index is 15.4. The largest absolute Gasteiger partial charge is 0.480 e. The van der Waals surface area contributed by atoms with E-state index in [0.29, 0.717) is 19.3 Å². The van der Waals surface area contributed by atoms with E-state index in [1.54, 1.807) is 62.4 Å². The molecule has 6 N–H and O–H groups in total. The summed E-state index contributed by atoms with van der Waals surface area (Å²) in [5.74, 6) is -9.61. The van der Waals surface area contributed by atoms with Crippen LogP contribution in [0.15, 0.2) is 12.2 Å². The zero-order valence-electron chi connectivity index (χ0n) is 57.3. The molecule has 89 heavy (non-hydrogen) atoms. The highest BCUT2D eigenvalue weighted by atomic mass is 16.7. The first-order chi connectivity index (χ1) is 41.4. The first kappa shape index (κ1) is 78.8. The number of unbranched alkanes of at least 4 members (excludes halogenated alkanes) is 1. The van der Waals surface area contributed by atoms with Crippen LogP contribution in [0.2, 0.25) is 0 Å². The Kier molecular flexibility index (Phi) is 31.9. The number of likely N-dealkylation sites (N-methyl/N-ethyl adjacent to an activating group) is 6. The van der Waals surface area contributed by atoms with Crippen molar-refractivity contribution in [3.05, 3.63) is 12.2 Å². The minimum Gasteiger partial charge on any atom is -0.480 e. The van der Waals surface area contributed by atoms with Crippen LogP contribution in [0.3, 0.4) is 0 Å². The van der Waals surface area contributed by atoms with E-state index in [1.165, 1.54) is 78.5 Å². The Bertz CT molecular complexity index is 2460. The highest BCUT2D eigenvalue weighted by Crippen LogP contribution is 2.34. The van der Waals surface area contributed by atoms with Crippen molar-refractivity contribution in [3.8, 4) is 0 Å². The summed E-state index contributed by atoms with van der Waals surface area (Å²) in [6, 6.07) is -14.3. The predicted octanol–water partition coefficient (Wildman–Crippen LogP) is 2.40. The highest BCUT2D eigenvalue weighted by Gasteiger charge is 2.55. The lowest BCUT2D eigenvalue weighted by Gasteiger charge is -2.50. The maximum atomic E-state index is 15.4. The Labute approximate surface area is 529 Å². The average molecular weight is 1260 g/mol. The minimum absolute atomic E-state index is 0.0513. The van der Waals surface area contributed by atoms with Gasteiger partial charge in [-0.2, -0.15) is 0 Å².